The van der Waals surface area contributed by atoms with E-state index in [1.165, 1.54) is 53.5 Å². The summed E-state index contributed by atoms with van der Waals surface area (Å²) in [5.41, 5.74) is 8.58. The Balaban J connectivity index is 2.02. The van der Waals surface area contributed by atoms with Gasteiger partial charge in [-0.25, -0.2) is 0 Å². The summed E-state index contributed by atoms with van der Waals surface area (Å²) < 4.78 is 0. The van der Waals surface area contributed by atoms with Crippen LogP contribution in [0.1, 0.15) is 70.4 Å². The number of hydrogen-bond donors (Lipinski definition) is 0. The highest BCUT2D eigenvalue weighted by molar-refractivity contribution is 5.76. The molecule has 0 bridgehead atoms. The van der Waals surface area contributed by atoms with E-state index < -0.39 is 0 Å². The van der Waals surface area contributed by atoms with Crippen LogP contribution < -0.4 is 0 Å². The monoisotopic (exact) mass is 346 g/mol. The molecule has 0 radical (unpaired) electrons. The van der Waals surface area contributed by atoms with Crippen molar-refractivity contribution in [3.05, 3.63) is 76.4 Å². The summed E-state index contributed by atoms with van der Waals surface area (Å²) in [6.07, 6.45) is 17.3. The maximum absolute atomic E-state index is 2.50. The Morgan fingerprint density at radius 2 is 1.58 bits per heavy atom. The van der Waals surface area contributed by atoms with Gasteiger partial charge in [-0.2, -0.15) is 0 Å². The Hall–Kier alpha value is -1.82. The van der Waals surface area contributed by atoms with Gasteiger partial charge in [0.1, 0.15) is 0 Å². The Bertz CT molecular complexity index is 729. The number of allylic oxidation sites excluding steroid dienone is 8. The third kappa shape index (κ3) is 4.67. The maximum atomic E-state index is 2.50. The molecule has 0 atom stereocenters. The minimum absolute atomic E-state index is 0.715. The molecule has 0 heteroatoms. The van der Waals surface area contributed by atoms with Gasteiger partial charge in [0, 0.05) is 0 Å². The lowest BCUT2D eigenvalue weighted by atomic mass is 9.76. The van der Waals surface area contributed by atoms with Crippen LogP contribution >= 0.6 is 0 Å². The van der Waals surface area contributed by atoms with Crippen LogP contribution in [0.5, 0.6) is 0 Å². The molecule has 138 valence electrons. The van der Waals surface area contributed by atoms with E-state index >= 15 is 0 Å². The zero-order valence-electron chi connectivity index (χ0n) is 17.0. The van der Waals surface area contributed by atoms with Crippen LogP contribution in [-0.4, -0.2) is 0 Å². The molecule has 1 aromatic carbocycles. The molecule has 0 saturated heterocycles. The summed E-state index contributed by atoms with van der Waals surface area (Å²) in [5.74, 6) is 1.61. The molecule has 1 fully saturated rings. The van der Waals surface area contributed by atoms with Crippen molar-refractivity contribution in [2.45, 2.75) is 66.2 Å². The predicted molar refractivity (Wildman–Crippen MR) is 115 cm³/mol. The fraction of sp³-hybridized carbons (Fsp3) is 0.462. The Morgan fingerprint density at radius 3 is 2.23 bits per heavy atom. The maximum Gasteiger partial charge on any atom is -0.0154 e. The summed E-state index contributed by atoms with van der Waals surface area (Å²) >= 11 is 0. The zero-order chi connectivity index (χ0) is 18.5. The number of benzene rings is 1. The average Bonchev–Trinajstić information content (AvgIpc) is 2.72. The molecule has 0 heterocycles. The normalized spacial score (nSPS) is 30.5. The van der Waals surface area contributed by atoms with Crippen LogP contribution in [0.15, 0.2) is 65.3 Å². The molecule has 1 saturated carbocycles. The molecular formula is C26H34. The van der Waals surface area contributed by atoms with Crippen molar-refractivity contribution in [1.82, 2.24) is 0 Å². The van der Waals surface area contributed by atoms with E-state index in [-0.39, 0.29) is 0 Å². The topological polar surface area (TPSA) is 0 Å². The van der Waals surface area contributed by atoms with E-state index in [0.717, 1.165) is 18.8 Å². The third-order valence-corrected chi connectivity index (χ3v) is 6.13. The summed E-state index contributed by atoms with van der Waals surface area (Å²) in [6.45, 7) is 9.16. The lowest BCUT2D eigenvalue weighted by Gasteiger charge is -2.29. The van der Waals surface area contributed by atoms with Crippen LogP contribution in [0, 0.1) is 18.8 Å². The summed E-state index contributed by atoms with van der Waals surface area (Å²) in [5, 5.41) is 0. The Morgan fingerprint density at radius 1 is 0.885 bits per heavy atom. The van der Waals surface area contributed by atoms with Crippen molar-refractivity contribution >= 4 is 5.57 Å². The van der Waals surface area contributed by atoms with Crippen molar-refractivity contribution < 1.29 is 0 Å². The second kappa shape index (κ2) is 8.71. The van der Waals surface area contributed by atoms with Gasteiger partial charge in [-0.05, 0) is 73.6 Å². The smallest absolute Gasteiger partial charge is 0.0154 e. The lowest BCUT2D eigenvalue weighted by Crippen LogP contribution is -2.15. The molecule has 0 N–H and O–H groups in total. The van der Waals surface area contributed by atoms with Crippen molar-refractivity contribution in [2.24, 2.45) is 11.8 Å². The van der Waals surface area contributed by atoms with E-state index in [4.69, 9.17) is 0 Å². The molecule has 2 aliphatic carbocycles. The molecule has 0 spiro atoms. The van der Waals surface area contributed by atoms with Crippen LogP contribution in [0.4, 0.5) is 0 Å². The molecule has 0 aromatic heterocycles. The number of rotatable bonds is 3. The van der Waals surface area contributed by atoms with Crippen molar-refractivity contribution in [2.75, 3.05) is 0 Å². The van der Waals surface area contributed by atoms with Crippen molar-refractivity contribution in [3.63, 3.8) is 0 Å². The molecule has 1 aromatic rings. The quantitative estimate of drug-likeness (QED) is 0.523. The summed E-state index contributed by atoms with van der Waals surface area (Å²) in [4.78, 5) is 0. The first kappa shape index (κ1) is 19.0. The van der Waals surface area contributed by atoms with E-state index in [9.17, 15) is 0 Å². The standard InChI is InChI=1S/C26H34/c1-5-22-7-6-8-25(23-13-9-19(2)10-14-23)18-26(21(4)17-22)24-15-11-20(3)12-16-24/h7-10,13-14,17-18,20,24H,5-6,11-12,15-16H2,1-4H3/b21-17+,22-7-,25-8+,26-18?. The van der Waals surface area contributed by atoms with Gasteiger partial charge in [-0.15, -0.1) is 0 Å². The van der Waals surface area contributed by atoms with Gasteiger partial charge >= 0.3 is 0 Å². The molecule has 0 nitrogen and oxygen atoms in total. The zero-order valence-corrected chi connectivity index (χ0v) is 17.0. The summed E-state index contributed by atoms with van der Waals surface area (Å²) in [7, 11) is 0. The van der Waals surface area contributed by atoms with Crippen LogP contribution in [0.25, 0.3) is 5.57 Å². The number of hydrogen-bond acceptors (Lipinski definition) is 0. The lowest BCUT2D eigenvalue weighted by molar-refractivity contribution is 0.322. The highest BCUT2D eigenvalue weighted by Gasteiger charge is 2.23. The van der Waals surface area contributed by atoms with Crippen molar-refractivity contribution in [1.29, 1.82) is 0 Å². The summed E-state index contributed by atoms with van der Waals surface area (Å²) in [6, 6.07) is 9.02. The first-order valence-electron chi connectivity index (χ1n) is 10.4. The van der Waals surface area contributed by atoms with Gasteiger partial charge in [-0.3, -0.25) is 0 Å². The average molecular weight is 347 g/mol. The molecule has 2 aliphatic rings. The third-order valence-electron chi connectivity index (χ3n) is 6.13. The van der Waals surface area contributed by atoms with Gasteiger partial charge in [0.05, 0.1) is 0 Å². The van der Waals surface area contributed by atoms with Crippen molar-refractivity contribution in [3.8, 4) is 0 Å². The van der Waals surface area contributed by atoms with Crippen LogP contribution in [0.2, 0.25) is 0 Å². The molecule has 0 aliphatic heterocycles. The van der Waals surface area contributed by atoms with Crippen LogP contribution in [-0.2, 0) is 0 Å². The molecular weight excluding hydrogens is 312 g/mol. The SMILES string of the molecule is CCC1=C/C/C=C(/c2ccc(C)cc2)C=C(C2CCC(C)CC2)\C(C)=C\1. The minimum atomic E-state index is 0.715. The van der Waals surface area contributed by atoms with Crippen LogP contribution in [0.3, 0.4) is 0 Å². The van der Waals surface area contributed by atoms with Gasteiger partial charge in [0.2, 0.25) is 0 Å². The van der Waals surface area contributed by atoms with Gasteiger partial charge < -0.3 is 0 Å². The largest absolute Gasteiger partial charge is 0.0775 e. The highest BCUT2D eigenvalue weighted by Crippen LogP contribution is 2.38. The Labute approximate surface area is 160 Å². The second-order valence-corrected chi connectivity index (χ2v) is 8.28. The van der Waals surface area contributed by atoms with E-state index in [0.29, 0.717) is 5.92 Å². The second-order valence-electron chi connectivity index (χ2n) is 8.28. The fourth-order valence-corrected chi connectivity index (χ4v) is 4.30. The Kier molecular flexibility index (Phi) is 6.35. The van der Waals surface area contributed by atoms with E-state index in [2.05, 4.69) is 76.3 Å². The van der Waals surface area contributed by atoms with Gasteiger partial charge in [0.25, 0.3) is 0 Å². The minimum Gasteiger partial charge on any atom is -0.0775 e. The molecule has 0 unspecified atom stereocenters. The van der Waals surface area contributed by atoms with E-state index in [1.54, 1.807) is 5.57 Å². The first-order valence-corrected chi connectivity index (χ1v) is 10.4. The molecule has 3 rings (SSSR count). The van der Waals surface area contributed by atoms with E-state index in [1.807, 2.05) is 0 Å². The fourth-order valence-electron chi connectivity index (χ4n) is 4.30. The highest BCUT2D eigenvalue weighted by atomic mass is 14.3. The predicted octanol–water partition coefficient (Wildman–Crippen LogP) is 7.82. The number of aryl methyl sites for hydroxylation is 1. The molecule has 26 heavy (non-hydrogen) atoms. The van der Waals surface area contributed by atoms with Gasteiger partial charge in [0.15, 0.2) is 0 Å². The molecule has 0 amide bonds. The van der Waals surface area contributed by atoms with Gasteiger partial charge in [-0.1, -0.05) is 86.4 Å². The first-order chi connectivity index (χ1) is 12.6.